The Morgan fingerprint density at radius 1 is 0.900 bits per heavy atom. The van der Waals surface area contributed by atoms with Gasteiger partial charge in [0.05, 0.1) is 5.69 Å². The Labute approximate surface area is 245 Å². The van der Waals surface area contributed by atoms with E-state index < -0.39 is 0 Å². The van der Waals surface area contributed by atoms with Gasteiger partial charge >= 0.3 is 6.03 Å². The molecule has 7 nitrogen and oxygen atoms in total. The fraction of sp³-hybridized carbons (Fsp3) is 0.387. The lowest BCUT2D eigenvalue weighted by atomic mass is 9.79. The van der Waals surface area contributed by atoms with Gasteiger partial charge in [0.15, 0.2) is 0 Å². The summed E-state index contributed by atoms with van der Waals surface area (Å²) >= 11 is 12.2. The smallest absolute Gasteiger partial charge is 0.319 e. The zero-order valence-electron chi connectivity index (χ0n) is 22.4. The van der Waals surface area contributed by atoms with Gasteiger partial charge < -0.3 is 15.5 Å². The first-order valence-corrected chi connectivity index (χ1v) is 14.7. The van der Waals surface area contributed by atoms with Crippen molar-refractivity contribution in [3.63, 3.8) is 0 Å². The molecule has 2 aliphatic rings. The van der Waals surface area contributed by atoms with Crippen molar-refractivity contribution in [1.29, 1.82) is 0 Å². The Kier molecular flexibility index (Phi) is 9.50. The summed E-state index contributed by atoms with van der Waals surface area (Å²) in [5, 5.41) is 25.8. The molecule has 0 radical (unpaired) electrons. The van der Waals surface area contributed by atoms with E-state index in [9.17, 15) is 15.2 Å². The van der Waals surface area contributed by atoms with E-state index >= 15 is 0 Å². The molecule has 40 heavy (non-hydrogen) atoms. The number of halogens is 2. The van der Waals surface area contributed by atoms with Crippen LogP contribution in [0.2, 0.25) is 10.0 Å². The second-order valence-corrected chi connectivity index (χ2v) is 11.7. The highest BCUT2D eigenvalue weighted by Crippen LogP contribution is 2.36. The lowest BCUT2D eigenvalue weighted by molar-refractivity contribution is 0.0292. The van der Waals surface area contributed by atoms with E-state index in [0.717, 1.165) is 43.1 Å². The average Bonchev–Trinajstić information content (AvgIpc) is 3.49. The van der Waals surface area contributed by atoms with Crippen LogP contribution in [0.25, 0.3) is 11.1 Å². The third kappa shape index (κ3) is 7.28. The largest absolute Gasteiger partial charge is 0.337 e. The lowest BCUT2D eigenvalue weighted by Gasteiger charge is -2.39. The highest BCUT2D eigenvalue weighted by molar-refractivity contribution is 6.35. The number of piperidine rings is 1. The summed E-state index contributed by atoms with van der Waals surface area (Å²) in [4.78, 5) is 15.5. The Balaban J connectivity index is 1.30. The van der Waals surface area contributed by atoms with E-state index in [4.69, 9.17) is 23.2 Å². The number of urea groups is 1. The second-order valence-electron chi connectivity index (χ2n) is 10.9. The van der Waals surface area contributed by atoms with Crippen LogP contribution in [0.15, 0.2) is 66.7 Å². The van der Waals surface area contributed by atoms with Gasteiger partial charge in [0.25, 0.3) is 0 Å². The second kappa shape index (κ2) is 13.2. The van der Waals surface area contributed by atoms with Crippen LogP contribution in [-0.4, -0.2) is 47.0 Å². The fourth-order valence-electron chi connectivity index (χ4n) is 6.25. The van der Waals surface area contributed by atoms with Crippen molar-refractivity contribution in [1.82, 2.24) is 10.2 Å². The number of nitrogens with zero attached hydrogens (tertiary/aromatic N) is 2. The molecule has 4 N–H and O–H groups in total. The van der Waals surface area contributed by atoms with E-state index in [1.54, 1.807) is 36.4 Å². The van der Waals surface area contributed by atoms with Crippen LogP contribution in [-0.2, 0) is 0 Å². The van der Waals surface area contributed by atoms with E-state index in [0.29, 0.717) is 33.9 Å². The molecule has 0 bridgehead atoms. The Bertz CT molecular complexity index is 1270. The van der Waals surface area contributed by atoms with Crippen molar-refractivity contribution >= 4 is 40.6 Å². The SMILES string of the molecule is O=C(NCC(c1ccc(-c2cccc(N(O)O)c2)cc1)C1CCN(C2CCCC2)CC1)Nc1cc(Cl)cc(Cl)c1. The minimum atomic E-state index is -0.294. The van der Waals surface area contributed by atoms with E-state index in [2.05, 4.69) is 39.8 Å². The van der Waals surface area contributed by atoms with Crippen molar-refractivity contribution in [3.8, 4) is 11.1 Å². The molecule has 2 fully saturated rings. The summed E-state index contributed by atoms with van der Waals surface area (Å²) < 4.78 is 0. The lowest BCUT2D eigenvalue weighted by Crippen LogP contribution is -2.43. The molecular weight excluding hydrogens is 547 g/mol. The van der Waals surface area contributed by atoms with Crippen LogP contribution in [0, 0.1) is 5.92 Å². The van der Waals surface area contributed by atoms with Crippen molar-refractivity contribution in [2.75, 3.05) is 30.2 Å². The van der Waals surface area contributed by atoms with Crippen LogP contribution < -0.4 is 15.9 Å². The molecule has 0 aromatic heterocycles. The van der Waals surface area contributed by atoms with E-state index in [-0.39, 0.29) is 17.2 Å². The zero-order chi connectivity index (χ0) is 28.1. The first-order valence-electron chi connectivity index (χ1n) is 14.0. The maximum absolute atomic E-state index is 12.8. The molecule has 0 spiro atoms. The molecule has 1 aliphatic carbocycles. The molecule has 1 atom stereocenters. The zero-order valence-corrected chi connectivity index (χ0v) is 23.9. The van der Waals surface area contributed by atoms with Crippen molar-refractivity contribution in [3.05, 3.63) is 82.3 Å². The van der Waals surface area contributed by atoms with Gasteiger partial charge in [-0.2, -0.15) is 0 Å². The van der Waals surface area contributed by atoms with Crippen LogP contribution in [0.1, 0.15) is 50.0 Å². The number of nitrogens with one attached hydrogen (secondary N) is 2. The van der Waals surface area contributed by atoms with Gasteiger partial charge in [-0.15, -0.1) is 5.23 Å². The van der Waals surface area contributed by atoms with Gasteiger partial charge in [-0.25, -0.2) is 4.79 Å². The van der Waals surface area contributed by atoms with Gasteiger partial charge in [0.1, 0.15) is 0 Å². The normalized spacial score (nSPS) is 17.5. The summed E-state index contributed by atoms with van der Waals surface area (Å²) in [7, 11) is 0. The van der Waals surface area contributed by atoms with E-state index in [1.807, 2.05) is 6.07 Å². The molecule has 1 aliphatic heterocycles. The maximum atomic E-state index is 12.8. The third-order valence-electron chi connectivity index (χ3n) is 8.34. The summed E-state index contributed by atoms with van der Waals surface area (Å²) in [6, 6.07) is 20.8. The quantitative estimate of drug-likeness (QED) is 0.203. The fourth-order valence-corrected chi connectivity index (χ4v) is 6.78. The van der Waals surface area contributed by atoms with Crippen LogP contribution in [0.5, 0.6) is 0 Å². The monoisotopic (exact) mass is 582 g/mol. The van der Waals surface area contributed by atoms with Gasteiger partial charge in [-0.3, -0.25) is 10.4 Å². The molecule has 1 heterocycles. The first-order chi connectivity index (χ1) is 19.4. The maximum Gasteiger partial charge on any atom is 0.319 e. The molecule has 212 valence electrons. The molecule has 3 aromatic rings. The molecule has 1 unspecified atom stereocenters. The van der Waals surface area contributed by atoms with Gasteiger partial charge in [0, 0.05) is 34.2 Å². The number of amides is 2. The third-order valence-corrected chi connectivity index (χ3v) is 8.77. The topological polar surface area (TPSA) is 88.1 Å². The molecular formula is C31H36Cl2N4O3. The molecule has 5 rings (SSSR count). The van der Waals surface area contributed by atoms with Crippen molar-refractivity contribution in [2.24, 2.45) is 5.92 Å². The minimum Gasteiger partial charge on any atom is -0.337 e. The summed E-state index contributed by atoms with van der Waals surface area (Å²) in [6.07, 6.45) is 7.51. The first kappa shape index (κ1) is 28.7. The standard InChI is InChI=1S/C31H36Cl2N4O3/c32-25-17-26(33)19-27(18-25)35-31(38)34-20-30(23-12-14-36(15-13-23)28-5-1-2-6-28)22-10-8-21(9-11-22)24-4-3-7-29(16-24)37(39)40/h3-4,7-11,16-19,23,28,30,39-40H,1-2,5-6,12-15,20H2,(H2,34,35,38). The predicted molar refractivity (Wildman–Crippen MR) is 161 cm³/mol. The van der Waals surface area contributed by atoms with Gasteiger partial charge in [-0.1, -0.05) is 72.4 Å². The number of hydrogen-bond donors (Lipinski definition) is 4. The minimum absolute atomic E-state index is 0.125. The highest BCUT2D eigenvalue weighted by atomic mass is 35.5. The van der Waals surface area contributed by atoms with Gasteiger partial charge in [-0.05, 0) is 91.7 Å². The molecule has 3 aromatic carbocycles. The van der Waals surface area contributed by atoms with Crippen LogP contribution in [0.3, 0.4) is 0 Å². The molecule has 1 saturated carbocycles. The summed E-state index contributed by atoms with van der Waals surface area (Å²) in [5.74, 6) is 0.607. The number of carbonyl (C=O) groups excluding carboxylic acids is 1. The van der Waals surface area contributed by atoms with Crippen LogP contribution >= 0.6 is 23.2 Å². The van der Waals surface area contributed by atoms with Gasteiger partial charge in [0.2, 0.25) is 0 Å². The number of rotatable bonds is 8. The molecule has 1 saturated heterocycles. The molecule has 9 heteroatoms. The average molecular weight is 584 g/mol. The highest BCUT2D eigenvalue weighted by Gasteiger charge is 2.31. The van der Waals surface area contributed by atoms with Crippen molar-refractivity contribution < 1.29 is 15.2 Å². The Morgan fingerprint density at radius 2 is 1.57 bits per heavy atom. The number of hydrogen-bond acceptors (Lipinski definition) is 5. The summed E-state index contributed by atoms with van der Waals surface area (Å²) in [5.41, 5.74) is 3.88. The Hall–Kier alpha value is -2.81. The van der Waals surface area contributed by atoms with Crippen LogP contribution in [0.4, 0.5) is 16.2 Å². The number of benzene rings is 3. The predicted octanol–water partition coefficient (Wildman–Crippen LogP) is 7.81. The molecule has 2 amide bonds. The number of likely N-dealkylation sites (tertiary alicyclic amines) is 1. The number of carbonyl (C=O) groups is 1. The summed E-state index contributed by atoms with van der Waals surface area (Å²) in [6.45, 7) is 2.71. The number of anilines is 2. The van der Waals surface area contributed by atoms with Crippen molar-refractivity contribution in [2.45, 2.75) is 50.5 Å². The van der Waals surface area contributed by atoms with E-state index in [1.165, 1.54) is 31.2 Å². The Morgan fingerprint density at radius 3 is 2.23 bits per heavy atom.